The minimum absolute atomic E-state index is 0.233. The van der Waals surface area contributed by atoms with E-state index in [-0.39, 0.29) is 12.1 Å². The van der Waals surface area contributed by atoms with Crippen LogP contribution in [0.15, 0.2) is 0 Å². The number of carbonyl (C=O) groups is 1. The molecule has 1 fully saturated rings. The Morgan fingerprint density at radius 3 is 2.47 bits per heavy atom. The molecule has 0 unspecified atom stereocenters. The average molecular weight is 214 g/mol. The first-order valence-corrected chi connectivity index (χ1v) is 5.49. The molecule has 0 spiro atoms. The molecule has 1 heterocycles. The van der Waals surface area contributed by atoms with E-state index in [0.29, 0.717) is 6.04 Å². The van der Waals surface area contributed by atoms with Gasteiger partial charge in [-0.2, -0.15) is 0 Å². The van der Waals surface area contributed by atoms with Gasteiger partial charge in [0.15, 0.2) is 0 Å². The van der Waals surface area contributed by atoms with Crippen molar-refractivity contribution in [3.63, 3.8) is 0 Å². The molecule has 4 heteroatoms. The summed E-state index contributed by atoms with van der Waals surface area (Å²) in [6.45, 7) is 8.64. The van der Waals surface area contributed by atoms with Crippen LogP contribution in [0.3, 0.4) is 0 Å². The molecule has 4 nitrogen and oxygen atoms in total. The summed E-state index contributed by atoms with van der Waals surface area (Å²) in [6.07, 6.45) is 0.763. The van der Waals surface area contributed by atoms with E-state index >= 15 is 0 Å². The smallest absolute Gasteiger partial charge is 0.410 e. The minimum atomic E-state index is -0.414. The van der Waals surface area contributed by atoms with Gasteiger partial charge in [0.2, 0.25) is 0 Å². The van der Waals surface area contributed by atoms with Crippen molar-refractivity contribution in [2.45, 2.75) is 51.8 Å². The number of likely N-dealkylation sites (N-methyl/N-ethyl adjacent to an activating group) is 1. The van der Waals surface area contributed by atoms with Crippen molar-refractivity contribution < 1.29 is 9.53 Å². The largest absolute Gasteiger partial charge is 0.444 e. The summed E-state index contributed by atoms with van der Waals surface area (Å²) in [5.41, 5.74) is -0.414. The van der Waals surface area contributed by atoms with Crippen molar-refractivity contribution in [1.82, 2.24) is 10.2 Å². The molecular weight excluding hydrogens is 192 g/mol. The van der Waals surface area contributed by atoms with Gasteiger partial charge in [0, 0.05) is 25.7 Å². The van der Waals surface area contributed by atoms with Crippen LogP contribution in [-0.4, -0.2) is 42.3 Å². The Balaban J connectivity index is 2.46. The summed E-state index contributed by atoms with van der Waals surface area (Å²) in [7, 11) is 1.80. The van der Waals surface area contributed by atoms with E-state index in [4.69, 9.17) is 4.74 Å². The van der Waals surface area contributed by atoms with Crippen molar-refractivity contribution in [1.29, 1.82) is 0 Å². The number of ether oxygens (including phenoxy) is 1. The van der Waals surface area contributed by atoms with Gasteiger partial charge in [-0.3, -0.25) is 0 Å². The molecule has 1 N–H and O–H groups in total. The first kappa shape index (κ1) is 12.3. The van der Waals surface area contributed by atoms with Crippen LogP contribution in [0.1, 0.15) is 34.1 Å². The van der Waals surface area contributed by atoms with Crippen LogP contribution in [0.25, 0.3) is 0 Å². The van der Waals surface area contributed by atoms with E-state index in [1.807, 2.05) is 20.8 Å². The van der Waals surface area contributed by atoms with Crippen LogP contribution in [-0.2, 0) is 4.74 Å². The zero-order chi connectivity index (χ0) is 11.6. The van der Waals surface area contributed by atoms with Gasteiger partial charge in [-0.15, -0.1) is 0 Å². The second kappa shape index (κ2) is 4.39. The molecule has 0 aromatic rings. The van der Waals surface area contributed by atoms with E-state index in [1.54, 1.807) is 11.9 Å². The van der Waals surface area contributed by atoms with Gasteiger partial charge in [-0.25, -0.2) is 4.79 Å². The first-order chi connectivity index (χ1) is 6.79. The van der Waals surface area contributed by atoms with Gasteiger partial charge < -0.3 is 15.0 Å². The van der Waals surface area contributed by atoms with E-state index in [9.17, 15) is 4.79 Å². The van der Waals surface area contributed by atoms with Crippen molar-refractivity contribution >= 4 is 6.09 Å². The highest BCUT2D eigenvalue weighted by molar-refractivity contribution is 5.68. The highest BCUT2D eigenvalue weighted by Gasteiger charge is 2.29. The van der Waals surface area contributed by atoms with E-state index in [0.717, 1.165) is 13.0 Å². The number of nitrogens with zero attached hydrogens (tertiary/aromatic N) is 1. The molecular formula is C11H22N2O2. The second-order valence-corrected chi connectivity index (χ2v) is 5.29. The summed E-state index contributed by atoms with van der Waals surface area (Å²) in [6, 6.07) is 0.745. The zero-order valence-corrected chi connectivity index (χ0v) is 10.3. The Hall–Kier alpha value is -0.770. The van der Waals surface area contributed by atoms with Gasteiger partial charge in [0.25, 0.3) is 0 Å². The van der Waals surface area contributed by atoms with Gasteiger partial charge in [0.05, 0.1) is 0 Å². The van der Waals surface area contributed by atoms with Gasteiger partial charge in [-0.05, 0) is 34.1 Å². The molecule has 0 saturated carbocycles. The third-order valence-corrected chi connectivity index (χ3v) is 2.56. The fraction of sp³-hybridized carbons (Fsp3) is 0.909. The predicted octanol–water partition coefficient (Wildman–Crippen LogP) is 1.60. The Morgan fingerprint density at radius 1 is 1.47 bits per heavy atom. The van der Waals surface area contributed by atoms with E-state index in [1.165, 1.54) is 0 Å². The lowest BCUT2D eigenvalue weighted by Crippen LogP contribution is -2.41. The Morgan fingerprint density at radius 2 is 2.07 bits per heavy atom. The van der Waals surface area contributed by atoms with Crippen molar-refractivity contribution in [3.8, 4) is 0 Å². The normalized spacial score (nSPS) is 26.5. The Kier molecular flexibility index (Phi) is 3.60. The van der Waals surface area contributed by atoms with Crippen LogP contribution >= 0.6 is 0 Å². The molecule has 1 aliphatic heterocycles. The SMILES string of the molecule is C[C@H]1C[C@@H](N(C)C(=O)OC(C)(C)C)CN1. The second-order valence-electron chi connectivity index (χ2n) is 5.29. The highest BCUT2D eigenvalue weighted by atomic mass is 16.6. The first-order valence-electron chi connectivity index (χ1n) is 5.49. The summed E-state index contributed by atoms with van der Waals surface area (Å²) >= 11 is 0. The van der Waals surface area contributed by atoms with E-state index in [2.05, 4.69) is 12.2 Å². The fourth-order valence-corrected chi connectivity index (χ4v) is 1.69. The van der Waals surface area contributed by atoms with Crippen molar-refractivity contribution in [2.24, 2.45) is 0 Å². The standard InChI is InChI=1S/C11H22N2O2/c1-8-6-9(7-12-8)13(5)10(14)15-11(2,3)4/h8-9,12H,6-7H2,1-5H3/t8-,9+/m0/s1. The molecule has 1 saturated heterocycles. The molecule has 0 bridgehead atoms. The van der Waals surface area contributed by atoms with Gasteiger partial charge in [-0.1, -0.05) is 0 Å². The third-order valence-electron chi connectivity index (χ3n) is 2.56. The molecule has 0 radical (unpaired) electrons. The van der Waals surface area contributed by atoms with Crippen LogP contribution in [0, 0.1) is 0 Å². The Labute approximate surface area is 92.0 Å². The number of carbonyl (C=O) groups excluding carboxylic acids is 1. The number of amides is 1. The molecule has 0 aromatic heterocycles. The van der Waals surface area contributed by atoms with Crippen molar-refractivity contribution in [2.75, 3.05) is 13.6 Å². The molecule has 2 atom stereocenters. The minimum Gasteiger partial charge on any atom is -0.444 e. The predicted molar refractivity (Wildman–Crippen MR) is 59.9 cm³/mol. The average Bonchev–Trinajstić information content (AvgIpc) is 2.47. The molecule has 15 heavy (non-hydrogen) atoms. The molecule has 88 valence electrons. The zero-order valence-electron chi connectivity index (χ0n) is 10.3. The molecule has 1 rings (SSSR count). The maximum absolute atomic E-state index is 11.7. The monoisotopic (exact) mass is 214 g/mol. The number of nitrogens with one attached hydrogen (secondary N) is 1. The topological polar surface area (TPSA) is 41.6 Å². The van der Waals surface area contributed by atoms with Crippen LogP contribution in [0.2, 0.25) is 0 Å². The van der Waals surface area contributed by atoms with Crippen molar-refractivity contribution in [3.05, 3.63) is 0 Å². The van der Waals surface area contributed by atoms with Crippen LogP contribution in [0.4, 0.5) is 4.79 Å². The van der Waals surface area contributed by atoms with Crippen LogP contribution in [0.5, 0.6) is 0 Å². The summed E-state index contributed by atoms with van der Waals surface area (Å²) in [5.74, 6) is 0. The lowest BCUT2D eigenvalue weighted by Gasteiger charge is -2.28. The molecule has 1 amide bonds. The quantitative estimate of drug-likeness (QED) is 0.721. The van der Waals surface area contributed by atoms with E-state index < -0.39 is 5.60 Å². The lowest BCUT2D eigenvalue weighted by molar-refractivity contribution is 0.0235. The Bertz CT molecular complexity index is 235. The highest BCUT2D eigenvalue weighted by Crippen LogP contribution is 2.15. The lowest BCUT2D eigenvalue weighted by atomic mass is 10.2. The maximum atomic E-state index is 11.7. The fourth-order valence-electron chi connectivity index (χ4n) is 1.69. The molecule has 0 aromatic carbocycles. The molecule has 1 aliphatic rings. The van der Waals surface area contributed by atoms with Crippen LogP contribution < -0.4 is 5.32 Å². The summed E-state index contributed by atoms with van der Waals surface area (Å²) < 4.78 is 5.31. The number of rotatable bonds is 1. The summed E-state index contributed by atoms with van der Waals surface area (Å²) in [5, 5.41) is 3.32. The number of hydrogen-bond acceptors (Lipinski definition) is 3. The van der Waals surface area contributed by atoms with Gasteiger partial charge >= 0.3 is 6.09 Å². The van der Waals surface area contributed by atoms with Gasteiger partial charge in [0.1, 0.15) is 5.60 Å². The number of hydrogen-bond donors (Lipinski definition) is 1. The summed E-state index contributed by atoms with van der Waals surface area (Å²) in [4.78, 5) is 13.4. The maximum Gasteiger partial charge on any atom is 0.410 e. The third kappa shape index (κ3) is 3.70. The molecule has 0 aliphatic carbocycles.